The number of H-pyrrole nitrogens is 1. The van der Waals surface area contributed by atoms with E-state index < -0.39 is 0 Å². The fourth-order valence-electron chi connectivity index (χ4n) is 3.78. The Balaban J connectivity index is 1.40. The number of nitrogens with one attached hydrogen (secondary N) is 1. The molecule has 5 nitrogen and oxygen atoms in total. The molecule has 3 heterocycles. The van der Waals surface area contributed by atoms with Gasteiger partial charge in [-0.25, -0.2) is 4.98 Å². The van der Waals surface area contributed by atoms with Crippen LogP contribution in [0.25, 0.3) is 33.4 Å². The van der Waals surface area contributed by atoms with E-state index in [9.17, 15) is 5.11 Å². The van der Waals surface area contributed by atoms with Crippen LogP contribution in [0, 0.1) is 0 Å². The SMILES string of the molecule is OCC1CC(Oc2cc3nc(-c4ccc(-c5ccccc5)cc4)c(Cl)cc3[nH]2)CO1. The summed E-state index contributed by atoms with van der Waals surface area (Å²) in [5.41, 5.74) is 5.62. The number of hydrogen-bond donors (Lipinski definition) is 2. The smallest absolute Gasteiger partial charge is 0.193 e. The van der Waals surface area contributed by atoms with Gasteiger partial charge in [-0.2, -0.15) is 0 Å². The highest BCUT2D eigenvalue weighted by Gasteiger charge is 2.27. The van der Waals surface area contributed by atoms with Gasteiger partial charge in [-0.05, 0) is 17.2 Å². The zero-order valence-electron chi connectivity index (χ0n) is 16.2. The molecule has 30 heavy (non-hydrogen) atoms. The van der Waals surface area contributed by atoms with E-state index in [0.29, 0.717) is 23.9 Å². The molecule has 2 aromatic carbocycles. The molecule has 4 aromatic rings. The molecule has 0 saturated carbocycles. The number of nitrogens with zero attached hydrogens (tertiary/aromatic N) is 1. The third kappa shape index (κ3) is 3.79. The van der Waals surface area contributed by atoms with Crippen LogP contribution in [0.1, 0.15) is 6.42 Å². The Kier molecular flexibility index (Phi) is 5.17. The van der Waals surface area contributed by atoms with Crippen molar-refractivity contribution in [1.29, 1.82) is 0 Å². The maximum atomic E-state index is 9.20. The summed E-state index contributed by atoms with van der Waals surface area (Å²) in [6.45, 7) is 0.476. The lowest BCUT2D eigenvalue weighted by Crippen LogP contribution is -2.17. The lowest BCUT2D eigenvalue weighted by molar-refractivity contribution is 0.0531. The second kappa shape index (κ2) is 8.11. The molecule has 0 aliphatic carbocycles. The van der Waals surface area contributed by atoms with Crippen LogP contribution in [0.4, 0.5) is 0 Å². The summed E-state index contributed by atoms with van der Waals surface area (Å²) in [6.07, 6.45) is 0.423. The van der Waals surface area contributed by atoms with E-state index in [1.165, 1.54) is 5.56 Å². The van der Waals surface area contributed by atoms with Crippen molar-refractivity contribution in [1.82, 2.24) is 9.97 Å². The first-order valence-electron chi connectivity index (χ1n) is 9.94. The Morgan fingerprint density at radius 1 is 1.03 bits per heavy atom. The largest absolute Gasteiger partial charge is 0.473 e. The molecule has 1 aliphatic rings. The number of fused-ring (bicyclic) bond motifs is 1. The van der Waals surface area contributed by atoms with Gasteiger partial charge in [0.15, 0.2) is 5.88 Å². The zero-order chi connectivity index (χ0) is 20.5. The normalized spacial score (nSPS) is 18.7. The first-order chi connectivity index (χ1) is 14.7. The molecule has 2 unspecified atom stereocenters. The van der Waals surface area contributed by atoms with Crippen molar-refractivity contribution in [3.05, 3.63) is 71.8 Å². The standard InChI is InChI=1S/C24H21ClN2O3/c25-20-11-21-22(12-23(26-21)30-19-10-18(13-28)29-14-19)27-24(20)17-8-6-16(7-9-17)15-4-2-1-3-5-15/h1-9,11-12,18-19,26,28H,10,13-14H2. The minimum absolute atomic E-state index is 0.0101. The van der Waals surface area contributed by atoms with Gasteiger partial charge < -0.3 is 19.6 Å². The van der Waals surface area contributed by atoms with Crippen molar-refractivity contribution in [2.45, 2.75) is 18.6 Å². The minimum atomic E-state index is -0.155. The number of halogens is 1. The van der Waals surface area contributed by atoms with E-state index in [-0.39, 0.29) is 18.8 Å². The predicted octanol–water partition coefficient (Wildman–Crippen LogP) is 5.08. The molecular weight excluding hydrogens is 400 g/mol. The molecule has 1 fully saturated rings. The zero-order valence-corrected chi connectivity index (χ0v) is 17.0. The van der Waals surface area contributed by atoms with Crippen LogP contribution >= 0.6 is 11.6 Å². The van der Waals surface area contributed by atoms with Gasteiger partial charge >= 0.3 is 0 Å². The number of aliphatic hydroxyl groups is 1. The Labute approximate surface area is 179 Å². The first kappa shape index (κ1) is 19.1. The number of aliphatic hydroxyl groups excluding tert-OH is 1. The van der Waals surface area contributed by atoms with Crippen molar-refractivity contribution in [2.75, 3.05) is 13.2 Å². The van der Waals surface area contributed by atoms with Crippen LogP contribution in [0.15, 0.2) is 66.7 Å². The lowest BCUT2D eigenvalue weighted by atomic mass is 10.0. The molecule has 2 N–H and O–H groups in total. The summed E-state index contributed by atoms with van der Waals surface area (Å²) >= 11 is 6.54. The van der Waals surface area contributed by atoms with Gasteiger partial charge in [-0.15, -0.1) is 0 Å². The van der Waals surface area contributed by atoms with Gasteiger partial charge in [-0.1, -0.05) is 66.2 Å². The third-order valence-electron chi connectivity index (χ3n) is 5.34. The van der Waals surface area contributed by atoms with Crippen LogP contribution in [0.5, 0.6) is 5.88 Å². The molecule has 1 aliphatic heterocycles. The summed E-state index contributed by atoms with van der Waals surface area (Å²) in [6, 6.07) is 22.2. The van der Waals surface area contributed by atoms with Crippen molar-refractivity contribution in [3.8, 4) is 28.3 Å². The quantitative estimate of drug-likeness (QED) is 0.472. The summed E-state index contributed by atoms with van der Waals surface area (Å²) in [4.78, 5) is 7.98. The summed E-state index contributed by atoms with van der Waals surface area (Å²) < 4.78 is 11.4. The Bertz CT molecular complexity index is 1160. The number of rotatable bonds is 5. The van der Waals surface area contributed by atoms with Crippen LogP contribution in [-0.4, -0.2) is 40.5 Å². The van der Waals surface area contributed by atoms with Crippen molar-refractivity contribution < 1.29 is 14.6 Å². The Morgan fingerprint density at radius 3 is 2.50 bits per heavy atom. The highest BCUT2D eigenvalue weighted by molar-refractivity contribution is 6.33. The number of aromatic amines is 1. The fourth-order valence-corrected chi connectivity index (χ4v) is 4.05. The second-order valence-electron chi connectivity index (χ2n) is 7.44. The number of aromatic nitrogens is 2. The van der Waals surface area contributed by atoms with Gasteiger partial charge in [-0.3, -0.25) is 0 Å². The lowest BCUT2D eigenvalue weighted by Gasteiger charge is -2.09. The van der Waals surface area contributed by atoms with Gasteiger partial charge in [0.2, 0.25) is 0 Å². The first-order valence-corrected chi connectivity index (χ1v) is 10.3. The molecule has 0 bridgehead atoms. The minimum Gasteiger partial charge on any atom is -0.473 e. The van der Waals surface area contributed by atoms with E-state index in [0.717, 1.165) is 27.9 Å². The van der Waals surface area contributed by atoms with E-state index in [4.69, 9.17) is 26.1 Å². The van der Waals surface area contributed by atoms with Crippen molar-refractivity contribution >= 4 is 22.6 Å². The maximum Gasteiger partial charge on any atom is 0.193 e. The number of benzene rings is 2. The average molecular weight is 421 g/mol. The van der Waals surface area contributed by atoms with Gasteiger partial charge in [0.1, 0.15) is 6.10 Å². The summed E-state index contributed by atoms with van der Waals surface area (Å²) in [5.74, 6) is 0.623. The Morgan fingerprint density at radius 2 is 1.77 bits per heavy atom. The van der Waals surface area contributed by atoms with Crippen LogP contribution in [0.2, 0.25) is 5.02 Å². The molecule has 2 atom stereocenters. The molecule has 152 valence electrons. The summed E-state index contributed by atoms with van der Waals surface area (Å²) in [7, 11) is 0. The van der Waals surface area contributed by atoms with Crippen LogP contribution in [-0.2, 0) is 4.74 Å². The fraction of sp³-hybridized carbons (Fsp3) is 0.208. The number of hydrogen-bond acceptors (Lipinski definition) is 4. The van der Waals surface area contributed by atoms with Crippen LogP contribution < -0.4 is 4.74 Å². The van der Waals surface area contributed by atoms with E-state index in [1.807, 2.05) is 42.5 Å². The molecule has 1 saturated heterocycles. The third-order valence-corrected chi connectivity index (χ3v) is 5.63. The summed E-state index contributed by atoms with van der Waals surface area (Å²) in [5, 5.41) is 9.78. The van der Waals surface area contributed by atoms with Crippen molar-refractivity contribution in [2.24, 2.45) is 0 Å². The average Bonchev–Trinajstić information content (AvgIpc) is 3.40. The van der Waals surface area contributed by atoms with E-state index in [2.05, 4.69) is 29.2 Å². The molecule has 6 heteroatoms. The molecule has 2 aromatic heterocycles. The van der Waals surface area contributed by atoms with Gasteiger partial charge in [0.05, 0.1) is 41.1 Å². The van der Waals surface area contributed by atoms with E-state index >= 15 is 0 Å². The highest BCUT2D eigenvalue weighted by Crippen LogP contribution is 2.32. The molecular formula is C24H21ClN2O3. The molecule has 0 radical (unpaired) electrons. The topological polar surface area (TPSA) is 67.4 Å². The molecule has 5 rings (SSSR count). The van der Waals surface area contributed by atoms with Crippen LogP contribution in [0.3, 0.4) is 0 Å². The van der Waals surface area contributed by atoms with Gasteiger partial charge in [0, 0.05) is 18.1 Å². The monoisotopic (exact) mass is 420 g/mol. The maximum absolute atomic E-state index is 9.20. The predicted molar refractivity (Wildman–Crippen MR) is 118 cm³/mol. The second-order valence-corrected chi connectivity index (χ2v) is 7.85. The van der Waals surface area contributed by atoms with Crippen molar-refractivity contribution in [3.63, 3.8) is 0 Å². The van der Waals surface area contributed by atoms with E-state index in [1.54, 1.807) is 0 Å². The molecule has 0 amide bonds. The highest BCUT2D eigenvalue weighted by atomic mass is 35.5. The van der Waals surface area contributed by atoms with Gasteiger partial charge in [0.25, 0.3) is 0 Å². The Hall–Kier alpha value is -2.86. The molecule has 0 spiro atoms. The number of pyridine rings is 1. The number of ether oxygens (including phenoxy) is 2.